The summed E-state index contributed by atoms with van der Waals surface area (Å²) in [6.07, 6.45) is 2.60. The first-order valence-electron chi connectivity index (χ1n) is 5.96. The second-order valence-corrected chi connectivity index (χ2v) is 4.27. The first kappa shape index (κ1) is 10.8. The monoisotopic (exact) mass is 242 g/mol. The summed E-state index contributed by atoms with van der Waals surface area (Å²) in [4.78, 5) is 13.9. The number of hydrogen-bond acceptors (Lipinski definition) is 2. The molecular weight excluding hydrogens is 228 g/mol. The Balaban J connectivity index is 1.67. The molecule has 0 radical (unpaired) electrons. The van der Waals surface area contributed by atoms with Crippen molar-refractivity contribution in [3.05, 3.63) is 47.8 Å². The third-order valence-electron chi connectivity index (χ3n) is 3.12. The molecule has 5 nitrogen and oxygen atoms in total. The van der Waals surface area contributed by atoms with Crippen LogP contribution in [0.2, 0.25) is 0 Å². The number of aromatic amines is 1. The lowest BCUT2D eigenvalue weighted by molar-refractivity contribution is 0.246. The van der Waals surface area contributed by atoms with Gasteiger partial charge in [-0.05, 0) is 24.1 Å². The lowest BCUT2D eigenvalue weighted by atomic mass is 10.2. The highest BCUT2D eigenvalue weighted by Gasteiger charge is 2.23. The Morgan fingerprint density at radius 3 is 3.11 bits per heavy atom. The maximum Gasteiger partial charge on any atom is 0.322 e. The molecule has 1 aliphatic heterocycles. The van der Waals surface area contributed by atoms with Gasteiger partial charge in [-0.2, -0.15) is 5.10 Å². The molecule has 1 aromatic heterocycles. The SMILES string of the molecule is O=C(NCc1ccn[nH]1)N1CCc2ccccc21. The van der Waals surface area contributed by atoms with Gasteiger partial charge in [0.2, 0.25) is 0 Å². The predicted molar refractivity (Wildman–Crippen MR) is 68.3 cm³/mol. The van der Waals surface area contributed by atoms with Crippen LogP contribution in [0.25, 0.3) is 0 Å². The van der Waals surface area contributed by atoms with Gasteiger partial charge in [-0.15, -0.1) is 0 Å². The molecule has 2 heterocycles. The smallest absolute Gasteiger partial charge is 0.322 e. The maximum atomic E-state index is 12.1. The van der Waals surface area contributed by atoms with Crippen LogP contribution in [0.3, 0.4) is 0 Å². The number of urea groups is 1. The molecule has 5 heteroatoms. The molecule has 18 heavy (non-hydrogen) atoms. The summed E-state index contributed by atoms with van der Waals surface area (Å²) in [7, 11) is 0. The number of anilines is 1. The Hall–Kier alpha value is -2.30. The fourth-order valence-electron chi connectivity index (χ4n) is 2.20. The molecule has 0 bridgehead atoms. The summed E-state index contributed by atoms with van der Waals surface area (Å²) in [5.41, 5.74) is 3.14. The number of nitrogens with one attached hydrogen (secondary N) is 2. The molecule has 0 saturated carbocycles. The first-order valence-corrected chi connectivity index (χ1v) is 5.96. The molecule has 0 atom stereocenters. The molecule has 0 aliphatic carbocycles. The average molecular weight is 242 g/mol. The topological polar surface area (TPSA) is 61.0 Å². The number of amides is 2. The van der Waals surface area contributed by atoms with Gasteiger partial charge in [-0.3, -0.25) is 10.00 Å². The van der Waals surface area contributed by atoms with Crippen molar-refractivity contribution >= 4 is 11.7 Å². The van der Waals surface area contributed by atoms with Crippen molar-refractivity contribution < 1.29 is 4.79 Å². The van der Waals surface area contributed by atoms with Crippen LogP contribution in [0.15, 0.2) is 36.5 Å². The zero-order valence-corrected chi connectivity index (χ0v) is 9.89. The largest absolute Gasteiger partial charge is 0.332 e. The number of carbonyl (C=O) groups excluding carboxylic acids is 1. The summed E-state index contributed by atoms with van der Waals surface area (Å²) >= 11 is 0. The molecule has 2 N–H and O–H groups in total. The summed E-state index contributed by atoms with van der Waals surface area (Å²) in [5, 5.41) is 9.55. The summed E-state index contributed by atoms with van der Waals surface area (Å²) in [5.74, 6) is 0. The van der Waals surface area contributed by atoms with Gasteiger partial charge >= 0.3 is 6.03 Å². The van der Waals surface area contributed by atoms with Crippen molar-refractivity contribution in [1.82, 2.24) is 15.5 Å². The van der Waals surface area contributed by atoms with Gasteiger partial charge in [0.1, 0.15) is 0 Å². The molecule has 92 valence electrons. The van der Waals surface area contributed by atoms with E-state index in [1.165, 1.54) is 5.56 Å². The zero-order chi connectivity index (χ0) is 12.4. The molecule has 0 spiro atoms. The molecule has 3 rings (SSSR count). The van der Waals surface area contributed by atoms with Gasteiger partial charge in [0, 0.05) is 18.4 Å². The number of H-pyrrole nitrogens is 1. The fourth-order valence-corrected chi connectivity index (χ4v) is 2.20. The normalized spacial score (nSPS) is 13.4. The Kier molecular flexibility index (Phi) is 2.72. The van der Waals surface area contributed by atoms with E-state index in [0.717, 1.165) is 24.3 Å². The predicted octanol–water partition coefficient (Wildman–Crippen LogP) is 1.68. The number of nitrogens with zero attached hydrogens (tertiary/aromatic N) is 2. The van der Waals surface area contributed by atoms with Gasteiger partial charge in [0.25, 0.3) is 0 Å². The molecule has 0 saturated heterocycles. The van der Waals surface area contributed by atoms with Crippen molar-refractivity contribution in [3.8, 4) is 0 Å². The van der Waals surface area contributed by atoms with Crippen LogP contribution < -0.4 is 10.2 Å². The van der Waals surface area contributed by atoms with Crippen LogP contribution in [0.1, 0.15) is 11.3 Å². The molecular formula is C13H14N4O. The quantitative estimate of drug-likeness (QED) is 0.841. The highest BCUT2D eigenvalue weighted by atomic mass is 16.2. The van der Waals surface area contributed by atoms with E-state index in [1.54, 1.807) is 11.1 Å². The van der Waals surface area contributed by atoms with E-state index in [9.17, 15) is 4.79 Å². The summed E-state index contributed by atoms with van der Waals surface area (Å²) < 4.78 is 0. The van der Waals surface area contributed by atoms with Crippen molar-refractivity contribution in [2.45, 2.75) is 13.0 Å². The molecule has 0 fully saturated rings. The fraction of sp³-hybridized carbons (Fsp3) is 0.231. The van der Waals surface area contributed by atoms with Crippen LogP contribution >= 0.6 is 0 Å². The molecule has 1 aromatic carbocycles. The molecule has 2 aromatic rings. The van der Waals surface area contributed by atoms with Crippen LogP contribution in [0.4, 0.5) is 10.5 Å². The third-order valence-corrected chi connectivity index (χ3v) is 3.12. The van der Waals surface area contributed by atoms with Crippen LogP contribution in [-0.2, 0) is 13.0 Å². The van der Waals surface area contributed by atoms with E-state index in [4.69, 9.17) is 0 Å². The average Bonchev–Trinajstić information content (AvgIpc) is 3.05. The lowest BCUT2D eigenvalue weighted by Gasteiger charge is -2.17. The van der Waals surface area contributed by atoms with E-state index in [2.05, 4.69) is 21.6 Å². The minimum Gasteiger partial charge on any atom is -0.332 e. The summed E-state index contributed by atoms with van der Waals surface area (Å²) in [6, 6.07) is 9.80. The van der Waals surface area contributed by atoms with Crippen molar-refractivity contribution in [3.63, 3.8) is 0 Å². The minimum atomic E-state index is -0.0606. The van der Waals surface area contributed by atoms with Crippen molar-refractivity contribution in [1.29, 1.82) is 0 Å². The first-order chi connectivity index (χ1) is 8.84. The Bertz CT molecular complexity index is 550. The van der Waals surface area contributed by atoms with Crippen LogP contribution in [0, 0.1) is 0 Å². The van der Waals surface area contributed by atoms with Crippen LogP contribution in [-0.4, -0.2) is 22.8 Å². The van der Waals surface area contributed by atoms with Gasteiger partial charge in [-0.25, -0.2) is 4.79 Å². The van der Waals surface area contributed by atoms with Gasteiger partial charge in [0.15, 0.2) is 0 Å². The lowest BCUT2D eigenvalue weighted by Crippen LogP contribution is -2.38. The zero-order valence-electron chi connectivity index (χ0n) is 9.89. The number of para-hydroxylation sites is 1. The Labute approximate surface area is 105 Å². The molecule has 0 unspecified atom stereocenters. The Morgan fingerprint density at radius 1 is 1.39 bits per heavy atom. The summed E-state index contributed by atoms with van der Waals surface area (Å²) in [6.45, 7) is 1.21. The van der Waals surface area contributed by atoms with E-state index in [-0.39, 0.29) is 6.03 Å². The standard InChI is InChI=1S/C13H14N4O/c18-13(14-9-11-5-7-15-16-11)17-8-6-10-3-1-2-4-12(10)17/h1-5,7H,6,8-9H2,(H,14,18)(H,15,16). The number of benzene rings is 1. The van der Waals surface area contributed by atoms with Gasteiger partial charge in [0.05, 0.1) is 12.2 Å². The van der Waals surface area contributed by atoms with Gasteiger partial charge in [-0.1, -0.05) is 18.2 Å². The molecule has 1 aliphatic rings. The number of fused-ring (bicyclic) bond motifs is 1. The maximum absolute atomic E-state index is 12.1. The molecule has 2 amide bonds. The number of hydrogen-bond donors (Lipinski definition) is 2. The van der Waals surface area contributed by atoms with Crippen molar-refractivity contribution in [2.75, 3.05) is 11.4 Å². The number of rotatable bonds is 2. The second-order valence-electron chi connectivity index (χ2n) is 4.27. The van der Waals surface area contributed by atoms with Crippen LogP contribution in [0.5, 0.6) is 0 Å². The number of aromatic nitrogens is 2. The Morgan fingerprint density at radius 2 is 2.28 bits per heavy atom. The van der Waals surface area contributed by atoms with E-state index < -0.39 is 0 Å². The number of carbonyl (C=O) groups is 1. The highest BCUT2D eigenvalue weighted by molar-refractivity contribution is 5.94. The third kappa shape index (κ3) is 1.95. The van der Waals surface area contributed by atoms with E-state index in [0.29, 0.717) is 6.54 Å². The van der Waals surface area contributed by atoms with Gasteiger partial charge < -0.3 is 5.32 Å². The second kappa shape index (κ2) is 4.52. The highest BCUT2D eigenvalue weighted by Crippen LogP contribution is 2.27. The minimum absolute atomic E-state index is 0.0606. The van der Waals surface area contributed by atoms with E-state index >= 15 is 0 Å². The van der Waals surface area contributed by atoms with Crippen molar-refractivity contribution in [2.24, 2.45) is 0 Å². The van der Waals surface area contributed by atoms with E-state index in [1.807, 2.05) is 24.3 Å².